The number of carboxylic acid groups (broad SMARTS) is 1. The van der Waals surface area contributed by atoms with Crippen molar-refractivity contribution >= 4 is 5.97 Å². The third-order valence-corrected chi connectivity index (χ3v) is 2.63. The standard InChI is InChI=1S/C14H10N2O3/c1-19-12-5-4-9(8-15)7-11(12)10-3-2-6-16-13(10)14(17)18/h2-7H,1H3,(H,17,18). The lowest BCUT2D eigenvalue weighted by Crippen LogP contribution is -2.03. The van der Waals surface area contributed by atoms with E-state index >= 15 is 0 Å². The summed E-state index contributed by atoms with van der Waals surface area (Å²) in [6.07, 6.45) is 1.41. The summed E-state index contributed by atoms with van der Waals surface area (Å²) < 4.78 is 5.20. The number of rotatable bonds is 3. The maximum Gasteiger partial charge on any atom is 0.355 e. The van der Waals surface area contributed by atoms with Crippen LogP contribution in [0.15, 0.2) is 36.5 Å². The Morgan fingerprint density at radius 1 is 1.37 bits per heavy atom. The van der Waals surface area contributed by atoms with Gasteiger partial charge in [-0.3, -0.25) is 0 Å². The average Bonchev–Trinajstić information content (AvgIpc) is 2.46. The van der Waals surface area contributed by atoms with Crippen LogP contribution in [-0.4, -0.2) is 23.2 Å². The number of carbonyl (C=O) groups is 1. The zero-order chi connectivity index (χ0) is 13.8. The number of methoxy groups -OCH3 is 1. The van der Waals surface area contributed by atoms with Crippen LogP contribution in [0.4, 0.5) is 0 Å². The van der Waals surface area contributed by atoms with Crippen molar-refractivity contribution in [2.75, 3.05) is 7.11 Å². The Labute approximate surface area is 109 Å². The molecule has 94 valence electrons. The predicted molar refractivity (Wildman–Crippen MR) is 67.9 cm³/mol. The molecule has 0 fully saturated rings. The largest absolute Gasteiger partial charge is 0.496 e. The number of hydrogen-bond donors (Lipinski definition) is 1. The van der Waals surface area contributed by atoms with Crippen molar-refractivity contribution in [3.63, 3.8) is 0 Å². The third-order valence-electron chi connectivity index (χ3n) is 2.63. The SMILES string of the molecule is COc1ccc(C#N)cc1-c1cccnc1C(=O)O. The van der Waals surface area contributed by atoms with Gasteiger partial charge in [-0.05, 0) is 24.3 Å². The van der Waals surface area contributed by atoms with E-state index in [9.17, 15) is 4.79 Å². The van der Waals surface area contributed by atoms with Crippen LogP contribution in [0.1, 0.15) is 16.1 Å². The minimum Gasteiger partial charge on any atom is -0.496 e. The molecular weight excluding hydrogens is 244 g/mol. The number of aromatic carboxylic acids is 1. The van der Waals surface area contributed by atoms with E-state index < -0.39 is 5.97 Å². The molecule has 19 heavy (non-hydrogen) atoms. The molecule has 1 heterocycles. The normalized spacial score (nSPS) is 9.68. The monoisotopic (exact) mass is 254 g/mol. The maximum atomic E-state index is 11.2. The summed E-state index contributed by atoms with van der Waals surface area (Å²) in [6, 6.07) is 10.1. The minimum absolute atomic E-state index is 0.0733. The summed E-state index contributed by atoms with van der Waals surface area (Å²) in [5.74, 6) is -0.630. The number of ether oxygens (including phenoxy) is 1. The highest BCUT2D eigenvalue weighted by atomic mass is 16.5. The first kappa shape index (κ1) is 12.6. The van der Waals surface area contributed by atoms with Crippen LogP contribution in [0, 0.1) is 11.3 Å². The van der Waals surface area contributed by atoms with Gasteiger partial charge in [0.25, 0.3) is 0 Å². The van der Waals surface area contributed by atoms with Gasteiger partial charge in [0.15, 0.2) is 5.69 Å². The van der Waals surface area contributed by atoms with E-state index in [1.807, 2.05) is 6.07 Å². The number of pyridine rings is 1. The van der Waals surface area contributed by atoms with Gasteiger partial charge in [-0.25, -0.2) is 9.78 Å². The lowest BCUT2D eigenvalue weighted by molar-refractivity contribution is 0.0691. The summed E-state index contributed by atoms with van der Waals surface area (Å²) in [5.41, 5.74) is 1.31. The highest BCUT2D eigenvalue weighted by Gasteiger charge is 2.16. The van der Waals surface area contributed by atoms with Gasteiger partial charge in [0.05, 0.1) is 18.7 Å². The van der Waals surface area contributed by atoms with Crippen LogP contribution < -0.4 is 4.74 Å². The Morgan fingerprint density at radius 3 is 2.79 bits per heavy atom. The van der Waals surface area contributed by atoms with Crippen LogP contribution in [0.3, 0.4) is 0 Å². The molecule has 1 aromatic carbocycles. The average molecular weight is 254 g/mol. The van der Waals surface area contributed by atoms with Crippen molar-refractivity contribution < 1.29 is 14.6 Å². The van der Waals surface area contributed by atoms with Gasteiger partial charge in [-0.1, -0.05) is 6.07 Å². The molecule has 0 aliphatic rings. The van der Waals surface area contributed by atoms with Crippen LogP contribution >= 0.6 is 0 Å². The van der Waals surface area contributed by atoms with Crippen LogP contribution in [-0.2, 0) is 0 Å². The Bertz CT molecular complexity index is 675. The topological polar surface area (TPSA) is 83.2 Å². The van der Waals surface area contributed by atoms with Gasteiger partial charge in [0, 0.05) is 17.3 Å². The number of carboxylic acids is 1. The summed E-state index contributed by atoms with van der Waals surface area (Å²) in [5, 5.41) is 18.1. The molecule has 0 amide bonds. The number of nitrogens with zero attached hydrogens (tertiary/aromatic N) is 2. The fourth-order valence-corrected chi connectivity index (χ4v) is 1.78. The first-order valence-corrected chi connectivity index (χ1v) is 5.44. The molecule has 0 spiro atoms. The molecular formula is C14H10N2O3. The van der Waals surface area contributed by atoms with Crippen molar-refractivity contribution in [2.45, 2.75) is 0 Å². The Kier molecular flexibility index (Phi) is 3.44. The molecule has 0 saturated heterocycles. The van der Waals surface area contributed by atoms with Crippen LogP contribution in [0.5, 0.6) is 5.75 Å². The van der Waals surface area contributed by atoms with Gasteiger partial charge in [-0.2, -0.15) is 5.26 Å². The first-order chi connectivity index (χ1) is 9.17. The lowest BCUT2D eigenvalue weighted by atomic mass is 10.0. The zero-order valence-electron chi connectivity index (χ0n) is 10.1. The molecule has 0 aliphatic heterocycles. The fraction of sp³-hybridized carbons (Fsp3) is 0.0714. The van der Waals surface area contributed by atoms with Crippen molar-refractivity contribution in [2.24, 2.45) is 0 Å². The fourth-order valence-electron chi connectivity index (χ4n) is 1.78. The zero-order valence-corrected chi connectivity index (χ0v) is 10.1. The molecule has 2 rings (SSSR count). The highest BCUT2D eigenvalue weighted by Crippen LogP contribution is 2.32. The maximum absolute atomic E-state index is 11.2. The first-order valence-electron chi connectivity index (χ1n) is 5.44. The van der Waals surface area contributed by atoms with E-state index in [2.05, 4.69) is 4.98 Å². The van der Waals surface area contributed by atoms with E-state index in [0.717, 1.165) is 0 Å². The summed E-state index contributed by atoms with van der Waals surface area (Å²) >= 11 is 0. The molecule has 0 saturated carbocycles. The highest BCUT2D eigenvalue weighted by molar-refractivity contribution is 5.95. The number of aromatic nitrogens is 1. The molecule has 0 aliphatic carbocycles. The quantitative estimate of drug-likeness (QED) is 0.908. The van der Waals surface area contributed by atoms with E-state index in [4.69, 9.17) is 15.1 Å². The second kappa shape index (κ2) is 5.19. The van der Waals surface area contributed by atoms with Crippen molar-refractivity contribution in [1.82, 2.24) is 4.98 Å². The molecule has 5 heteroatoms. The second-order valence-corrected chi connectivity index (χ2v) is 3.73. The molecule has 0 atom stereocenters. The van der Waals surface area contributed by atoms with Crippen LogP contribution in [0.25, 0.3) is 11.1 Å². The van der Waals surface area contributed by atoms with Crippen molar-refractivity contribution in [3.05, 3.63) is 47.8 Å². The third kappa shape index (κ3) is 2.38. The van der Waals surface area contributed by atoms with E-state index in [-0.39, 0.29) is 5.69 Å². The van der Waals surface area contributed by atoms with E-state index in [0.29, 0.717) is 22.4 Å². The summed E-state index contributed by atoms with van der Waals surface area (Å²) in [6.45, 7) is 0. The predicted octanol–water partition coefficient (Wildman–Crippen LogP) is 2.33. The number of benzene rings is 1. The Balaban J connectivity index is 2.71. The van der Waals surface area contributed by atoms with Gasteiger partial charge in [0.2, 0.25) is 0 Å². The van der Waals surface area contributed by atoms with Gasteiger partial charge >= 0.3 is 5.97 Å². The van der Waals surface area contributed by atoms with Crippen molar-refractivity contribution in [1.29, 1.82) is 5.26 Å². The molecule has 1 aromatic heterocycles. The molecule has 0 unspecified atom stereocenters. The smallest absolute Gasteiger partial charge is 0.355 e. The molecule has 0 radical (unpaired) electrons. The Hall–Kier alpha value is -2.87. The van der Waals surface area contributed by atoms with E-state index in [1.165, 1.54) is 13.3 Å². The lowest BCUT2D eigenvalue weighted by Gasteiger charge is -2.10. The summed E-state index contributed by atoms with van der Waals surface area (Å²) in [7, 11) is 1.49. The molecule has 5 nitrogen and oxygen atoms in total. The molecule has 0 bridgehead atoms. The Morgan fingerprint density at radius 2 is 2.16 bits per heavy atom. The van der Waals surface area contributed by atoms with Gasteiger partial charge in [0.1, 0.15) is 5.75 Å². The number of nitriles is 1. The van der Waals surface area contributed by atoms with Crippen LogP contribution in [0.2, 0.25) is 0 Å². The minimum atomic E-state index is -1.12. The number of hydrogen-bond acceptors (Lipinski definition) is 4. The van der Waals surface area contributed by atoms with Crippen molar-refractivity contribution in [3.8, 4) is 22.9 Å². The van der Waals surface area contributed by atoms with E-state index in [1.54, 1.807) is 30.3 Å². The summed E-state index contributed by atoms with van der Waals surface area (Å²) in [4.78, 5) is 15.0. The van der Waals surface area contributed by atoms with Gasteiger partial charge in [-0.15, -0.1) is 0 Å². The second-order valence-electron chi connectivity index (χ2n) is 3.73. The molecule has 1 N–H and O–H groups in total. The molecule has 2 aromatic rings. The van der Waals surface area contributed by atoms with Gasteiger partial charge < -0.3 is 9.84 Å².